The molecule has 6 nitrogen and oxygen atoms in total. The van der Waals surface area contributed by atoms with Crippen molar-refractivity contribution in [1.29, 1.82) is 0 Å². The van der Waals surface area contributed by atoms with Crippen molar-refractivity contribution in [3.05, 3.63) is 12.2 Å². The standard InChI is InChI=1S/C11H17N5OS/c1-16-8-13-9(15-16)6-12-10-14-11(7-18-10)2-4-17-5-3-11/h8H,2-7H2,1H3,(H,12,14). The van der Waals surface area contributed by atoms with Gasteiger partial charge in [-0.15, -0.1) is 0 Å². The van der Waals surface area contributed by atoms with Crippen LogP contribution < -0.4 is 5.32 Å². The van der Waals surface area contributed by atoms with E-state index in [4.69, 9.17) is 4.74 Å². The number of thioether (sulfide) groups is 1. The van der Waals surface area contributed by atoms with Crippen LogP contribution >= 0.6 is 11.8 Å². The third kappa shape index (κ3) is 2.51. The Morgan fingerprint density at radius 1 is 1.56 bits per heavy atom. The minimum Gasteiger partial charge on any atom is -0.381 e. The van der Waals surface area contributed by atoms with Gasteiger partial charge >= 0.3 is 0 Å². The maximum Gasteiger partial charge on any atom is 0.172 e. The fraction of sp³-hybridized carbons (Fsp3) is 0.727. The van der Waals surface area contributed by atoms with Gasteiger partial charge in [0, 0.05) is 26.0 Å². The van der Waals surface area contributed by atoms with Crippen LogP contribution in [0, 0.1) is 0 Å². The Balaban J connectivity index is 1.61. The lowest BCUT2D eigenvalue weighted by molar-refractivity contribution is 0.0555. The van der Waals surface area contributed by atoms with Crippen molar-refractivity contribution in [3.63, 3.8) is 0 Å². The van der Waals surface area contributed by atoms with Crippen LogP contribution in [0.1, 0.15) is 18.7 Å². The summed E-state index contributed by atoms with van der Waals surface area (Å²) in [4.78, 5) is 8.71. The van der Waals surface area contributed by atoms with E-state index in [0.29, 0.717) is 6.54 Å². The summed E-state index contributed by atoms with van der Waals surface area (Å²) in [5, 5.41) is 8.79. The maximum absolute atomic E-state index is 5.41. The van der Waals surface area contributed by atoms with Gasteiger partial charge < -0.3 is 10.1 Å². The summed E-state index contributed by atoms with van der Waals surface area (Å²) < 4.78 is 7.11. The van der Waals surface area contributed by atoms with Crippen LogP contribution in [0.25, 0.3) is 0 Å². The van der Waals surface area contributed by atoms with Crippen LogP contribution in [-0.2, 0) is 18.3 Å². The van der Waals surface area contributed by atoms with Gasteiger partial charge in [-0.2, -0.15) is 5.10 Å². The number of aliphatic imine (C=N–C) groups is 1. The predicted molar refractivity (Wildman–Crippen MR) is 70.5 cm³/mol. The topological polar surface area (TPSA) is 64.3 Å². The van der Waals surface area contributed by atoms with Gasteiger partial charge in [-0.3, -0.25) is 9.67 Å². The molecule has 0 atom stereocenters. The maximum atomic E-state index is 5.41. The summed E-state index contributed by atoms with van der Waals surface area (Å²) in [6.45, 7) is 2.24. The number of hydrogen-bond acceptors (Lipinski definition) is 5. The number of hydrogen-bond donors (Lipinski definition) is 1. The lowest BCUT2D eigenvalue weighted by Crippen LogP contribution is -2.48. The number of nitrogens with one attached hydrogen (secondary N) is 1. The summed E-state index contributed by atoms with van der Waals surface area (Å²) in [5.41, 5.74) is 0.208. The van der Waals surface area contributed by atoms with E-state index >= 15 is 0 Å². The molecule has 0 aliphatic carbocycles. The summed E-state index contributed by atoms with van der Waals surface area (Å²) >= 11 is 1.79. The first-order valence-electron chi connectivity index (χ1n) is 6.14. The van der Waals surface area contributed by atoms with Gasteiger partial charge in [0.15, 0.2) is 11.0 Å². The first-order chi connectivity index (χ1) is 8.76. The van der Waals surface area contributed by atoms with Crippen LogP contribution in [0.15, 0.2) is 11.3 Å². The lowest BCUT2D eigenvalue weighted by Gasteiger charge is -2.32. The van der Waals surface area contributed by atoms with Gasteiger partial charge in [0.1, 0.15) is 12.9 Å². The number of aromatic nitrogens is 3. The zero-order valence-corrected chi connectivity index (χ0v) is 11.2. The molecular formula is C11H17N5OS. The Morgan fingerprint density at radius 2 is 2.39 bits per heavy atom. The molecule has 3 rings (SSSR count). The normalized spacial score (nSPS) is 24.6. The van der Waals surface area contributed by atoms with E-state index in [1.807, 2.05) is 7.05 Å². The van der Waals surface area contributed by atoms with Crippen molar-refractivity contribution in [2.45, 2.75) is 24.9 Å². The molecule has 98 valence electrons. The molecule has 1 N–H and O–H groups in total. The van der Waals surface area contributed by atoms with Crippen molar-refractivity contribution in [1.82, 2.24) is 20.1 Å². The third-order valence-electron chi connectivity index (χ3n) is 3.32. The quantitative estimate of drug-likeness (QED) is 0.848. The van der Waals surface area contributed by atoms with Gasteiger partial charge in [0.25, 0.3) is 0 Å². The SMILES string of the molecule is Cn1cnc(CN=C2NC3(CCOCC3)CS2)n1. The molecule has 0 aromatic carbocycles. The number of ether oxygens (including phenoxy) is 1. The van der Waals surface area contributed by atoms with E-state index in [1.165, 1.54) is 0 Å². The fourth-order valence-electron chi connectivity index (χ4n) is 2.22. The molecule has 3 heterocycles. The summed E-state index contributed by atoms with van der Waals surface area (Å²) in [7, 11) is 1.86. The Bertz CT molecular complexity index is 452. The van der Waals surface area contributed by atoms with Crippen LogP contribution in [0.5, 0.6) is 0 Å². The minimum absolute atomic E-state index is 0.208. The van der Waals surface area contributed by atoms with Crippen molar-refractivity contribution in [2.24, 2.45) is 12.0 Å². The molecule has 0 unspecified atom stereocenters. The van der Waals surface area contributed by atoms with Gasteiger partial charge in [-0.05, 0) is 12.8 Å². The van der Waals surface area contributed by atoms with Crippen LogP contribution in [-0.4, -0.2) is 44.4 Å². The second-order valence-electron chi connectivity index (χ2n) is 4.76. The number of amidine groups is 1. The van der Waals surface area contributed by atoms with E-state index in [0.717, 1.165) is 42.8 Å². The molecule has 1 aromatic rings. The summed E-state index contributed by atoms with van der Waals surface area (Å²) in [6, 6.07) is 0. The Labute approximate surface area is 110 Å². The monoisotopic (exact) mass is 267 g/mol. The van der Waals surface area contributed by atoms with E-state index < -0.39 is 0 Å². The number of rotatable bonds is 2. The highest BCUT2D eigenvalue weighted by molar-refractivity contribution is 8.14. The van der Waals surface area contributed by atoms with E-state index in [2.05, 4.69) is 20.4 Å². The third-order valence-corrected chi connectivity index (χ3v) is 4.52. The zero-order chi connectivity index (χ0) is 12.4. The van der Waals surface area contributed by atoms with E-state index in [1.54, 1.807) is 22.8 Å². The minimum atomic E-state index is 0.208. The molecule has 0 bridgehead atoms. The first kappa shape index (κ1) is 12.0. The van der Waals surface area contributed by atoms with Gasteiger partial charge in [0.2, 0.25) is 0 Å². The smallest absolute Gasteiger partial charge is 0.172 e. The molecule has 0 amide bonds. The molecule has 7 heteroatoms. The van der Waals surface area contributed by atoms with Gasteiger partial charge in [-0.1, -0.05) is 11.8 Å². The van der Waals surface area contributed by atoms with Crippen LogP contribution in [0.4, 0.5) is 0 Å². The first-order valence-corrected chi connectivity index (χ1v) is 7.12. The molecule has 2 saturated heterocycles. The molecule has 1 aromatic heterocycles. The lowest BCUT2D eigenvalue weighted by atomic mass is 9.93. The molecule has 0 radical (unpaired) electrons. The number of aryl methyl sites for hydroxylation is 1. The molecule has 0 saturated carbocycles. The Morgan fingerprint density at radius 3 is 3.11 bits per heavy atom. The fourth-order valence-corrected chi connectivity index (χ4v) is 3.44. The number of nitrogens with zero attached hydrogens (tertiary/aromatic N) is 4. The largest absolute Gasteiger partial charge is 0.381 e. The summed E-state index contributed by atoms with van der Waals surface area (Å²) in [6.07, 6.45) is 3.84. The molecular weight excluding hydrogens is 250 g/mol. The van der Waals surface area contributed by atoms with E-state index in [9.17, 15) is 0 Å². The van der Waals surface area contributed by atoms with Crippen molar-refractivity contribution >= 4 is 16.9 Å². The van der Waals surface area contributed by atoms with E-state index in [-0.39, 0.29) is 5.54 Å². The van der Waals surface area contributed by atoms with Gasteiger partial charge in [0.05, 0.1) is 5.54 Å². The Hall–Kier alpha value is -1.08. The highest BCUT2D eigenvalue weighted by atomic mass is 32.2. The molecule has 1 spiro atoms. The zero-order valence-electron chi connectivity index (χ0n) is 10.4. The average molecular weight is 267 g/mol. The van der Waals surface area contributed by atoms with Crippen LogP contribution in [0.2, 0.25) is 0 Å². The van der Waals surface area contributed by atoms with Crippen molar-refractivity contribution in [3.8, 4) is 0 Å². The second kappa shape index (κ2) is 4.89. The van der Waals surface area contributed by atoms with Crippen LogP contribution in [0.3, 0.4) is 0 Å². The predicted octanol–water partition coefficient (Wildman–Crippen LogP) is 0.557. The summed E-state index contributed by atoms with van der Waals surface area (Å²) in [5.74, 6) is 1.85. The second-order valence-corrected chi connectivity index (χ2v) is 5.73. The molecule has 2 aliphatic heterocycles. The highest BCUT2D eigenvalue weighted by Gasteiger charge is 2.38. The molecule has 2 fully saturated rings. The molecule has 18 heavy (non-hydrogen) atoms. The van der Waals surface area contributed by atoms with Crippen molar-refractivity contribution < 1.29 is 4.74 Å². The average Bonchev–Trinajstić information content (AvgIpc) is 2.96. The molecule has 2 aliphatic rings. The highest BCUT2D eigenvalue weighted by Crippen LogP contribution is 2.31. The van der Waals surface area contributed by atoms with Crippen molar-refractivity contribution in [2.75, 3.05) is 19.0 Å². The van der Waals surface area contributed by atoms with Gasteiger partial charge in [-0.25, -0.2) is 4.98 Å². The Kier molecular flexibility index (Phi) is 3.25.